The molecule has 0 heterocycles. The Hall–Kier alpha value is -0.350. The molecular formula is C3H4Cl2NO3+. The molecule has 52 valence electrons. The van der Waals surface area contributed by atoms with Crippen LogP contribution in [0.4, 0.5) is 0 Å². The fourth-order valence-corrected chi connectivity index (χ4v) is 0.246. The Labute approximate surface area is 61.2 Å². The van der Waals surface area contributed by atoms with Crippen molar-refractivity contribution in [3.05, 3.63) is 4.91 Å². The van der Waals surface area contributed by atoms with E-state index < -0.39 is 10.9 Å². The SMILES string of the molecule is CC(=O)O[N+](=O)C(Cl)Cl. The van der Waals surface area contributed by atoms with Crippen molar-refractivity contribution in [1.29, 1.82) is 0 Å². The topological polar surface area (TPSA) is 46.4 Å². The van der Waals surface area contributed by atoms with Gasteiger partial charge < -0.3 is 0 Å². The Morgan fingerprint density at radius 3 is 2.22 bits per heavy atom. The lowest BCUT2D eigenvalue weighted by Gasteiger charge is -1.85. The van der Waals surface area contributed by atoms with E-state index in [1.54, 1.807) is 0 Å². The molecule has 0 aliphatic heterocycles. The fraction of sp³-hybridized carbons (Fsp3) is 0.667. The number of halogens is 2. The highest BCUT2D eigenvalue weighted by atomic mass is 35.5. The van der Waals surface area contributed by atoms with Crippen LogP contribution in [0.3, 0.4) is 0 Å². The molecule has 0 atom stereocenters. The van der Waals surface area contributed by atoms with Crippen LogP contribution in [0, 0.1) is 4.91 Å². The van der Waals surface area contributed by atoms with Gasteiger partial charge >= 0.3 is 10.9 Å². The van der Waals surface area contributed by atoms with Gasteiger partial charge in [-0.1, -0.05) is 0 Å². The lowest BCUT2D eigenvalue weighted by atomic mass is 10.8. The second-order valence-corrected chi connectivity index (χ2v) is 2.20. The minimum Gasteiger partial charge on any atom is -0.245 e. The van der Waals surface area contributed by atoms with Crippen molar-refractivity contribution in [3.63, 3.8) is 0 Å². The number of hydrogen-bond acceptors (Lipinski definition) is 3. The van der Waals surface area contributed by atoms with E-state index in [2.05, 4.69) is 4.84 Å². The van der Waals surface area contributed by atoms with Crippen molar-refractivity contribution in [1.82, 2.24) is 0 Å². The maximum Gasteiger partial charge on any atom is 0.406 e. The summed E-state index contributed by atoms with van der Waals surface area (Å²) in [6.07, 6.45) is 0. The number of nitrogens with zero attached hydrogens (tertiary/aromatic N) is 1. The van der Waals surface area contributed by atoms with Crippen molar-refractivity contribution in [2.45, 2.75) is 11.9 Å². The van der Waals surface area contributed by atoms with Gasteiger partial charge in [0.1, 0.15) is 0 Å². The lowest BCUT2D eigenvalue weighted by Crippen LogP contribution is -2.16. The zero-order chi connectivity index (χ0) is 7.44. The van der Waals surface area contributed by atoms with Crippen molar-refractivity contribution < 1.29 is 14.6 Å². The van der Waals surface area contributed by atoms with Gasteiger partial charge in [0, 0.05) is 6.92 Å². The molecule has 0 saturated carbocycles. The van der Waals surface area contributed by atoms with Crippen LogP contribution >= 0.6 is 23.2 Å². The second-order valence-electron chi connectivity index (χ2n) is 1.15. The number of rotatable bonds is 2. The van der Waals surface area contributed by atoms with Crippen LogP contribution in [0.1, 0.15) is 6.92 Å². The van der Waals surface area contributed by atoms with Crippen LogP contribution in [0.15, 0.2) is 0 Å². The van der Waals surface area contributed by atoms with Gasteiger partial charge in [-0.25, -0.2) is 4.79 Å². The summed E-state index contributed by atoms with van der Waals surface area (Å²) in [5, 5.41) is 0. The van der Waals surface area contributed by atoms with E-state index in [-0.39, 0.29) is 4.92 Å². The smallest absolute Gasteiger partial charge is 0.245 e. The van der Waals surface area contributed by atoms with Gasteiger partial charge in [-0.2, -0.15) is 0 Å². The molecule has 0 aliphatic rings. The summed E-state index contributed by atoms with van der Waals surface area (Å²) in [7, 11) is 0. The molecule has 0 amide bonds. The Morgan fingerprint density at radius 2 is 2.11 bits per heavy atom. The highest BCUT2D eigenvalue weighted by molar-refractivity contribution is 6.42. The molecule has 9 heavy (non-hydrogen) atoms. The first-order valence-electron chi connectivity index (χ1n) is 1.97. The van der Waals surface area contributed by atoms with E-state index in [1.807, 2.05) is 0 Å². The summed E-state index contributed by atoms with van der Waals surface area (Å²) >= 11 is 9.95. The average molecular weight is 173 g/mol. The molecule has 6 heteroatoms. The Balaban J connectivity index is 3.64. The number of alkyl halides is 2. The predicted octanol–water partition coefficient (Wildman–Crippen LogP) is 1.00. The van der Waals surface area contributed by atoms with E-state index in [9.17, 15) is 9.70 Å². The quantitative estimate of drug-likeness (QED) is 0.355. The van der Waals surface area contributed by atoms with Crippen LogP contribution in [-0.2, 0) is 9.63 Å². The Morgan fingerprint density at radius 1 is 1.67 bits per heavy atom. The molecule has 0 fully saturated rings. The standard InChI is InChI=1S/C3H4Cl2NO3/c1-2(7)9-6(8)3(4)5/h3H,1H3/q+1. The first-order chi connectivity index (χ1) is 4.04. The van der Waals surface area contributed by atoms with E-state index in [0.29, 0.717) is 0 Å². The van der Waals surface area contributed by atoms with Gasteiger partial charge in [-0.15, -0.1) is 4.84 Å². The van der Waals surface area contributed by atoms with Crippen LogP contribution in [0.2, 0.25) is 0 Å². The highest BCUT2D eigenvalue weighted by Crippen LogP contribution is 2.02. The van der Waals surface area contributed by atoms with Crippen molar-refractivity contribution in [2.24, 2.45) is 0 Å². The summed E-state index contributed by atoms with van der Waals surface area (Å²) in [6, 6.07) is 0. The first-order valence-corrected chi connectivity index (χ1v) is 2.84. The van der Waals surface area contributed by atoms with Gasteiger partial charge in [0.05, 0.1) is 4.91 Å². The summed E-state index contributed by atoms with van der Waals surface area (Å²) in [5.74, 6) is -0.753. The number of carbonyl (C=O) groups excluding carboxylic acids is 1. The maximum atomic E-state index is 10.2. The minimum absolute atomic E-state index is 0.203. The van der Waals surface area contributed by atoms with Gasteiger partial charge in [0.2, 0.25) is 0 Å². The molecule has 0 aromatic heterocycles. The summed E-state index contributed by atoms with van der Waals surface area (Å²) in [4.78, 5) is 22.5. The van der Waals surface area contributed by atoms with E-state index in [1.165, 1.54) is 0 Å². The van der Waals surface area contributed by atoms with Crippen LogP contribution in [0.25, 0.3) is 0 Å². The van der Waals surface area contributed by atoms with E-state index >= 15 is 0 Å². The van der Waals surface area contributed by atoms with Gasteiger partial charge in [-0.3, -0.25) is 0 Å². The van der Waals surface area contributed by atoms with Gasteiger partial charge in [0.25, 0.3) is 4.92 Å². The minimum atomic E-state index is -1.37. The zero-order valence-corrected chi connectivity index (χ0v) is 6.02. The molecule has 0 aromatic carbocycles. The van der Waals surface area contributed by atoms with Crippen molar-refractivity contribution in [3.8, 4) is 0 Å². The van der Waals surface area contributed by atoms with Crippen molar-refractivity contribution >= 4 is 29.2 Å². The average Bonchev–Trinajstić information content (AvgIpc) is 1.63. The third kappa shape index (κ3) is 4.17. The molecule has 4 nitrogen and oxygen atoms in total. The fourth-order valence-electron chi connectivity index (χ4n) is 0.167. The normalized spacial score (nSPS) is 9.33. The molecule has 0 radical (unpaired) electrons. The van der Waals surface area contributed by atoms with Gasteiger partial charge in [0.15, 0.2) is 0 Å². The molecule has 0 bridgehead atoms. The van der Waals surface area contributed by atoms with Crippen LogP contribution in [-0.4, -0.2) is 15.9 Å². The third-order valence-corrected chi connectivity index (χ3v) is 0.697. The molecular weight excluding hydrogens is 169 g/mol. The maximum absolute atomic E-state index is 10.2. The number of carbonyl (C=O) groups is 1. The molecule has 0 aromatic rings. The summed E-state index contributed by atoms with van der Waals surface area (Å²) < 4.78 is 0. The number of hydrogen-bond donors (Lipinski definition) is 0. The van der Waals surface area contributed by atoms with E-state index in [0.717, 1.165) is 6.92 Å². The predicted molar refractivity (Wildman–Crippen MR) is 30.9 cm³/mol. The molecule has 0 saturated heterocycles. The second kappa shape index (κ2) is 3.63. The third-order valence-electron chi connectivity index (χ3n) is 0.378. The largest absolute Gasteiger partial charge is 0.406 e. The van der Waals surface area contributed by atoms with Gasteiger partial charge in [-0.05, 0) is 23.2 Å². The first kappa shape index (κ1) is 8.65. The van der Waals surface area contributed by atoms with E-state index in [4.69, 9.17) is 23.2 Å². The zero-order valence-electron chi connectivity index (χ0n) is 4.51. The Bertz CT molecular complexity index is 135. The molecule has 0 unspecified atom stereocenters. The molecule has 0 aliphatic carbocycles. The lowest BCUT2D eigenvalue weighted by molar-refractivity contribution is -0.776. The summed E-state index contributed by atoms with van der Waals surface area (Å²) in [6.45, 7) is 1.07. The summed E-state index contributed by atoms with van der Waals surface area (Å²) in [5.41, 5.74) is 0. The van der Waals surface area contributed by atoms with Crippen LogP contribution in [0.5, 0.6) is 0 Å². The molecule has 0 N–H and O–H groups in total. The van der Waals surface area contributed by atoms with Crippen molar-refractivity contribution in [2.75, 3.05) is 0 Å². The highest BCUT2D eigenvalue weighted by Gasteiger charge is 2.23. The molecule has 0 rings (SSSR count). The molecule has 0 spiro atoms. The Kier molecular flexibility index (Phi) is 3.49. The van der Waals surface area contributed by atoms with Crippen LogP contribution < -0.4 is 0 Å². The monoisotopic (exact) mass is 172 g/mol.